The maximum absolute atomic E-state index is 12.1. The number of hydrogen-bond donors (Lipinski definition) is 1. The fourth-order valence-electron chi connectivity index (χ4n) is 2.51. The Morgan fingerprint density at radius 1 is 0.852 bits per heavy atom. The summed E-state index contributed by atoms with van der Waals surface area (Å²) in [6.45, 7) is 0.821. The van der Waals surface area contributed by atoms with Crippen LogP contribution in [-0.2, 0) is 36.0 Å². The summed E-state index contributed by atoms with van der Waals surface area (Å²) in [6, 6.07) is 18.2. The molecule has 27 heavy (non-hydrogen) atoms. The lowest BCUT2D eigenvalue weighted by Gasteiger charge is -2.13. The van der Waals surface area contributed by atoms with Gasteiger partial charge in [0.05, 0.1) is 25.5 Å². The molecule has 0 bridgehead atoms. The summed E-state index contributed by atoms with van der Waals surface area (Å²) in [5, 5.41) is 0.651. The number of hydrogen-bond acceptors (Lipinski definition) is 4. The van der Waals surface area contributed by atoms with E-state index in [2.05, 4.69) is 4.98 Å². The molecule has 0 radical (unpaired) electrons. The molecular weight excluding hydrogens is 368 g/mol. The molecule has 0 saturated heterocycles. The zero-order valence-electron chi connectivity index (χ0n) is 14.6. The Morgan fingerprint density at radius 3 is 2.26 bits per heavy atom. The van der Waals surface area contributed by atoms with Gasteiger partial charge in [-0.15, -0.1) is 0 Å². The number of halogens is 1. The lowest BCUT2D eigenvalue weighted by Crippen LogP contribution is -2.33. The van der Waals surface area contributed by atoms with E-state index >= 15 is 0 Å². The summed E-state index contributed by atoms with van der Waals surface area (Å²) in [7, 11) is 0. The number of benzene rings is 2. The van der Waals surface area contributed by atoms with Crippen molar-refractivity contribution in [1.82, 2.24) is 9.55 Å². The van der Waals surface area contributed by atoms with E-state index in [0.29, 0.717) is 23.9 Å². The first-order chi connectivity index (χ1) is 13.1. The average Bonchev–Trinajstić information content (AvgIpc) is 2.66. The number of H-pyrrole nitrogens is 1. The van der Waals surface area contributed by atoms with Gasteiger partial charge in [0, 0.05) is 11.1 Å². The Morgan fingerprint density at radius 2 is 1.52 bits per heavy atom. The second kappa shape index (κ2) is 9.32. The molecule has 6 nitrogen and oxygen atoms in total. The number of rotatable bonds is 8. The lowest BCUT2D eigenvalue weighted by molar-refractivity contribution is 0.0485. The lowest BCUT2D eigenvalue weighted by atomic mass is 10.2. The van der Waals surface area contributed by atoms with Crippen molar-refractivity contribution in [2.24, 2.45) is 0 Å². The first-order valence-electron chi connectivity index (χ1n) is 8.39. The smallest absolute Gasteiger partial charge is 0.330 e. The molecule has 1 N–H and O–H groups in total. The zero-order chi connectivity index (χ0) is 19.1. The van der Waals surface area contributed by atoms with Crippen molar-refractivity contribution in [2.75, 3.05) is 0 Å². The molecular formula is C20H19ClN2O4. The highest BCUT2D eigenvalue weighted by Gasteiger charge is 2.07. The summed E-state index contributed by atoms with van der Waals surface area (Å²) in [5.74, 6) is 0. The van der Waals surface area contributed by atoms with Crippen molar-refractivity contribution >= 4 is 11.6 Å². The Bertz CT molecular complexity index is 981. The third-order valence-electron chi connectivity index (χ3n) is 3.88. The van der Waals surface area contributed by atoms with Crippen LogP contribution in [0.25, 0.3) is 0 Å². The highest BCUT2D eigenvalue weighted by atomic mass is 35.5. The minimum Gasteiger partial charge on any atom is -0.371 e. The molecule has 2 aromatic carbocycles. The van der Waals surface area contributed by atoms with Crippen LogP contribution in [-0.4, -0.2) is 9.55 Å². The number of aromatic nitrogens is 2. The Kier molecular flexibility index (Phi) is 6.59. The summed E-state index contributed by atoms with van der Waals surface area (Å²) in [4.78, 5) is 26.0. The Hall–Kier alpha value is -2.67. The molecule has 0 unspecified atom stereocenters. The number of ether oxygens (including phenoxy) is 2. The van der Waals surface area contributed by atoms with Crippen molar-refractivity contribution in [1.29, 1.82) is 0 Å². The van der Waals surface area contributed by atoms with Crippen LogP contribution in [0.2, 0.25) is 5.02 Å². The molecule has 1 heterocycles. The SMILES string of the molecule is O=c1cc(COCc2ccc(Cl)cc2)n(COCc2ccccc2)c(=O)[nH]1. The second-order valence-electron chi connectivity index (χ2n) is 5.94. The maximum atomic E-state index is 12.1. The van der Waals surface area contributed by atoms with Gasteiger partial charge in [0.2, 0.25) is 0 Å². The molecule has 0 aliphatic rings. The Labute approximate surface area is 161 Å². The number of nitrogens with one attached hydrogen (secondary N) is 1. The molecule has 0 amide bonds. The van der Waals surface area contributed by atoms with Gasteiger partial charge in [-0.3, -0.25) is 14.3 Å². The van der Waals surface area contributed by atoms with E-state index in [1.54, 1.807) is 12.1 Å². The summed E-state index contributed by atoms with van der Waals surface area (Å²) in [5.41, 5.74) is 1.39. The van der Waals surface area contributed by atoms with Gasteiger partial charge in [-0.25, -0.2) is 4.79 Å². The third-order valence-corrected chi connectivity index (χ3v) is 4.14. The minimum absolute atomic E-state index is 0.0180. The highest BCUT2D eigenvalue weighted by Crippen LogP contribution is 2.11. The molecule has 0 aliphatic carbocycles. The Balaban J connectivity index is 1.64. The first kappa shape index (κ1) is 19.1. The predicted molar refractivity (Wildman–Crippen MR) is 102 cm³/mol. The van der Waals surface area contributed by atoms with Gasteiger partial charge in [0.15, 0.2) is 0 Å². The maximum Gasteiger partial charge on any atom is 0.330 e. The topological polar surface area (TPSA) is 73.3 Å². The van der Waals surface area contributed by atoms with Crippen molar-refractivity contribution in [3.63, 3.8) is 0 Å². The second-order valence-corrected chi connectivity index (χ2v) is 6.38. The first-order valence-corrected chi connectivity index (χ1v) is 8.76. The van der Waals surface area contributed by atoms with Crippen LogP contribution in [0.4, 0.5) is 0 Å². The van der Waals surface area contributed by atoms with Gasteiger partial charge in [-0.2, -0.15) is 0 Å². The van der Waals surface area contributed by atoms with Gasteiger partial charge >= 0.3 is 5.69 Å². The van der Waals surface area contributed by atoms with Crippen LogP contribution in [0.3, 0.4) is 0 Å². The molecule has 0 fully saturated rings. The van der Waals surface area contributed by atoms with Gasteiger partial charge < -0.3 is 9.47 Å². The molecule has 3 rings (SSSR count). The van der Waals surface area contributed by atoms with Crippen LogP contribution >= 0.6 is 11.6 Å². The van der Waals surface area contributed by atoms with Gasteiger partial charge in [-0.1, -0.05) is 54.1 Å². The van der Waals surface area contributed by atoms with E-state index in [0.717, 1.165) is 11.1 Å². The fourth-order valence-corrected chi connectivity index (χ4v) is 2.64. The quantitative estimate of drug-likeness (QED) is 0.645. The molecule has 140 valence electrons. The molecule has 0 spiro atoms. The predicted octanol–water partition coefficient (Wildman–Crippen LogP) is 3.08. The molecule has 0 saturated carbocycles. The van der Waals surface area contributed by atoms with E-state index in [9.17, 15) is 9.59 Å². The summed E-state index contributed by atoms with van der Waals surface area (Å²) >= 11 is 5.86. The highest BCUT2D eigenvalue weighted by molar-refractivity contribution is 6.30. The standard InChI is InChI=1S/C20H19ClN2O4/c21-17-8-6-16(7-9-17)11-26-13-18-10-19(24)22-20(25)23(18)14-27-12-15-4-2-1-3-5-15/h1-10H,11-14H2,(H,22,24,25). The van der Waals surface area contributed by atoms with Crippen LogP contribution < -0.4 is 11.2 Å². The van der Waals surface area contributed by atoms with Crippen molar-refractivity contribution < 1.29 is 9.47 Å². The number of aromatic amines is 1. The van der Waals surface area contributed by atoms with Crippen LogP contribution in [0.5, 0.6) is 0 Å². The fraction of sp³-hybridized carbons (Fsp3) is 0.200. The van der Waals surface area contributed by atoms with Crippen molar-refractivity contribution in [3.05, 3.63) is 103 Å². The van der Waals surface area contributed by atoms with Gasteiger partial charge in [0.1, 0.15) is 6.73 Å². The summed E-state index contributed by atoms with van der Waals surface area (Å²) < 4.78 is 12.6. The van der Waals surface area contributed by atoms with Crippen LogP contribution in [0, 0.1) is 0 Å². The molecule has 1 aromatic heterocycles. The summed E-state index contributed by atoms with van der Waals surface area (Å²) in [6.07, 6.45) is 0. The van der Waals surface area contributed by atoms with Crippen LogP contribution in [0.1, 0.15) is 16.8 Å². The molecule has 0 aliphatic heterocycles. The zero-order valence-corrected chi connectivity index (χ0v) is 15.3. The van der Waals surface area contributed by atoms with Crippen molar-refractivity contribution in [2.45, 2.75) is 26.6 Å². The van der Waals surface area contributed by atoms with Gasteiger partial charge in [0.25, 0.3) is 5.56 Å². The molecule has 0 atom stereocenters. The third kappa shape index (κ3) is 5.65. The number of nitrogens with zero attached hydrogens (tertiary/aromatic N) is 1. The van der Waals surface area contributed by atoms with Crippen LogP contribution in [0.15, 0.2) is 70.3 Å². The largest absolute Gasteiger partial charge is 0.371 e. The van der Waals surface area contributed by atoms with E-state index < -0.39 is 11.2 Å². The monoisotopic (exact) mass is 386 g/mol. The van der Waals surface area contributed by atoms with E-state index in [4.69, 9.17) is 21.1 Å². The van der Waals surface area contributed by atoms with Crippen molar-refractivity contribution in [3.8, 4) is 0 Å². The normalized spacial score (nSPS) is 10.9. The van der Waals surface area contributed by atoms with E-state index in [1.165, 1.54) is 10.6 Å². The van der Waals surface area contributed by atoms with E-state index in [-0.39, 0.29) is 13.3 Å². The van der Waals surface area contributed by atoms with E-state index in [1.807, 2.05) is 42.5 Å². The minimum atomic E-state index is -0.527. The molecule has 3 aromatic rings. The average molecular weight is 387 g/mol. The van der Waals surface area contributed by atoms with Gasteiger partial charge in [-0.05, 0) is 23.3 Å². The molecule has 7 heteroatoms.